The first kappa shape index (κ1) is 16.9. The van der Waals surface area contributed by atoms with Crippen molar-refractivity contribution in [2.75, 3.05) is 5.32 Å². The summed E-state index contributed by atoms with van der Waals surface area (Å²) in [6.07, 6.45) is 7.68. The van der Waals surface area contributed by atoms with E-state index in [0.29, 0.717) is 5.02 Å². The van der Waals surface area contributed by atoms with Crippen LogP contribution in [0.5, 0.6) is 0 Å². The third-order valence-corrected chi connectivity index (χ3v) is 3.93. The zero-order valence-electron chi connectivity index (χ0n) is 13.5. The predicted molar refractivity (Wildman–Crippen MR) is 103 cm³/mol. The minimum absolute atomic E-state index is 0.170. The van der Waals surface area contributed by atoms with E-state index in [0.717, 1.165) is 17.7 Å². The molecule has 1 N–H and O–H groups in total. The highest BCUT2D eigenvalue weighted by molar-refractivity contribution is 6.30. The minimum atomic E-state index is -0.170. The first-order chi connectivity index (χ1) is 12.2. The summed E-state index contributed by atoms with van der Waals surface area (Å²) in [5, 5.41) is 3.53. The van der Waals surface area contributed by atoms with E-state index in [9.17, 15) is 4.79 Å². The second-order valence-electron chi connectivity index (χ2n) is 5.60. The molecule has 0 spiro atoms. The second-order valence-corrected chi connectivity index (χ2v) is 6.04. The van der Waals surface area contributed by atoms with Crippen LogP contribution in [0.2, 0.25) is 5.02 Å². The molecule has 1 aromatic heterocycles. The van der Waals surface area contributed by atoms with E-state index in [1.807, 2.05) is 48.5 Å². The highest BCUT2D eigenvalue weighted by Gasteiger charge is 2.00. The Morgan fingerprint density at radius 2 is 1.56 bits per heavy atom. The summed E-state index contributed by atoms with van der Waals surface area (Å²) in [7, 11) is 0. The van der Waals surface area contributed by atoms with Crippen LogP contribution in [0.25, 0.3) is 6.08 Å². The van der Waals surface area contributed by atoms with Gasteiger partial charge in [0.1, 0.15) is 0 Å². The van der Waals surface area contributed by atoms with Gasteiger partial charge in [0.05, 0.1) is 0 Å². The average Bonchev–Trinajstić information content (AvgIpc) is 2.64. The maximum atomic E-state index is 12.0. The Balaban J connectivity index is 1.57. The molecule has 25 heavy (non-hydrogen) atoms. The standard InChI is InChI=1S/C21H17ClN2O/c22-19-6-1-16(2-7-19)5-10-21(25)24-20-8-3-17(4-9-20)15-18-11-13-23-14-12-18/h1-14H,15H2,(H,24,25)/b10-5+. The molecule has 0 aliphatic rings. The summed E-state index contributed by atoms with van der Waals surface area (Å²) in [4.78, 5) is 16.0. The van der Waals surface area contributed by atoms with E-state index in [1.165, 1.54) is 17.2 Å². The van der Waals surface area contributed by atoms with Crippen LogP contribution in [0.3, 0.4) is 0 Å². The Labute approximate surface area is 152 Å². The zero-order valence-corrected chi connectivity index (χ0v) is 14.3. The van der Waals surface area contributed by atoms with Crippen LogP contribution >= 0.6 is 11.6 Å². The molecular formula is C21H17ClN2O. The molecule has 0 fully saturated rings. The lowest BCUT2D eigenvalue weighted by molar-refractivity contribution is -0.111. The maximum Gasteiger partial charge on any atom is 0.248 e. The summed E-state index contributed by atoms with van der Waals surface area (Å²) in [6, 6.07) is 19.1. The number of nitrogens with one attached hydrogen (secondary N) is 1. The number of nitrogens with zero attached hydrogens (tertiary/aromatic N) is 1. The SMILES string of the molecule is O=C(/C=C/c1ccc(Cl)cc1)Nc1ccc(Cc2ccncc2)cc1. The Morgan fingerprint density at radius 1 is 0.920 bits per heavy atom. The third kappa shape index (κ3) is 5.30. The van der Waals surface area contributed by atoms with Crippen molar-refractivity contribution < 1.29 is 4.79 Å². The van der Waals surface area contributed by atoms with Gasteiger partial charge in [-0.25, -0.2) is 0 Å². The Kier molecular flexibility index (Phi) is 5.60. The fourth-order valence-electron chi connectivity index (χ4n) is 2.37. The summed E-state index contributed by atoms with van der Waals surface area (Å²) < 4.78 is 0. The van der Waals surface area contributed by atoms with Crippen molar-refractivity contribution in [1.82, 2.24) is 4.98 Å². The molecule has 0 saturated carbocycles. The predicted octanol–water partition coefficient (Wildman–Crippen LogP) is 4.98. The molecule has 1 heterocycles. The molecular weight excluding hydrogens is 332 g/mol. The zero-order chi connectivity index (χ0) is 17.5. The number of rotatable bonds is 5. The van der Waals surface area contributed by atoms with Gasteiger partial charge in [0.15, 0.2) is 0 Å². The van der Waals surface area contributed by atoms with Crippen LogP contribution in [0, 0.1) is 0 Å². The van der Waals surface area contributed by atoms with Crippen LogP contribution in [0.4, 0.5) is 5.69 Å². The van der Waals surface area contributed by atoms with E-state index in [-0.39, 0.29) is 5.91 Å². The summed E-state index contributed by atoms with van der Waals surface area (Å²) in [5.74, 6) is -0.170. The van der Waals surface area contributed by atoms with Crippen molar-refractivity contribution >= 4 is 29.3 Å². The largest absolute Gasteiger partial charge is 0.323 e. The molecule has 0 atom stereocenters. The Morgan fingerprint density at radius 3 is 2.24 bits per heavy atom. The molecule has 3 rings (SSSR count). The van der Waals surface area contributed by atoms with E-state index < -0.39 is 0 Å². The van der Waals surface area contributed by atoms with Crippen LogP contribution in [-0.4, -0.2) is 10.9 Å². The number of anilines is 1. The lowest BCUT2D eigenvalue weighted by atomic mass is 10.1. The van der Waals surface area contributed by atoms with Crippen LogP contribution < -0.4 is 5.32 Å². The lowest BCUT2D eigenvalue weighted by Gasteiger charge is -2.05. The van der Waals surface area contributed by atoms with Crippen molar-refractivity contribution in [2.24, 2.45) is 0 Å². The highest BCUT2D eigenvalue weighted by atomic mass is 35.5. The smallest absolute Gasteiger partial charge is 0.248 e. The van der Waals surface area contributed by atoms with Gasteiger partial charge in [-0.15, -0.1) is 0 Å². The van der Waals surface area contributed by atoms with Gasteiger partial charge in [-0.2, -0.15) is 0 Å². The lowest BCUT2D eigenvalue weighted by Crippen LogP contribution is -2.07. The Hall–Kier alpha value is -2.91. The Bertz CT molecular complexity index is 857. The second kappa shape index (κ2) is 8.27. The monoisotopic (exact) mass is 348 g/mol. The van der Waals surface area contributed by atoms with Gasteiger partial charge < -0.3 is 5.32 Å². The molecule has 1 amide bonds. The third-order valence-electron chi connectivity index (χ3n) is 3.68. The number of carbonyl (C=O) groups is 1. The average molecular weight is 349 g/mol. The molecule has 4 heteroatoms. The van der Waals surface area contributed by atoms with Gasteiger partial charge in [-0.05, 0) is 65.6 Å². The van der Waals surface area contributed by atoms with Crippen LogP contribution in [0.1, 0.15) is 16.7 Å². The van der Waals surface area contributed by atoms with Gasteiger partial charge in [-0.3, -0.25) is 9.78 Å². The number of carbonyl (C=O) groups excluding carboxylic acids is 1. The van der Waals surface area contributed by atoms with Gasteiger partial charge in [0.2, 0.25) is 5.91 Å². The normalized spacial score (nSPS) is 10.8. The fraction of sp³-hybridized carbons (Fsp3) is 0.0476. The number of pyridine rings is 1. The molecule has 0 radical (unpaired) electrons. The fourth-order valence-corrected chi connectivity index (χ4v) is 2.50. The number of halogens is 1. The molecule has 2 aromatic carbocycles. The van der Waals surface area contributed by atoms with Gasteiger partial charge >= 0.3 is 0 Å². The minimum Gasteiger partial charge on any atom is -0.323 e. The molecule has 0 aliphatic heterocycles. The van der Waals surface area contributed by atoms with Crippen molar-refractivity contribution in [3.05, 3.63) is 101 Å². The van der Waals surface area contributed by atoms with E-state index in [4.69, 9.17) is 11.6 Å². The molecule has 0 bridgehead atoms. The van der Waals surface area contributed by atoms with Gasteiger partial charge in [0, 0.05) is 29.2 Å². The number of amides is 1. The summed E-state index contributed by atoms with van der Waals surface area (Å²) in [5.41, 5.74) is 4.08. The first-order valence-electron chi connectivity index (χ1n) is 7.91. The van der Waals surface area contributed by atoms with E-state index in [1.54, 1.807) is 30.6 Å². The van der Waals surface area contributed by atoms with E-state index >= 15 is 0 Å². The van der Waals surface area contributed by atoms with E-state index in [2.05, 4.69) is 10.3 Å². The van der Waals surface area contributed by atoms with Gasteiger partial charge in [0.25, 0.3) is 0 Å². The molecule has 3 nitrogen and oxygen atoms in total. The highest BCUT2D eigenvalue weighted by Crippen LogP contribution is 2.14. The molecule has 0 unspecified atom stereocenters. The first-order valence-corrected chi connectivity index (χ1v) is 8.29. The van der Waals surface area contributed by atoms with Gasteiger partial charge in [-0.1, -0.05) is 35.9 Å². The molecule has 3 aromatic rings. The van der Waals surface area contributed by atoms with Crippen LogP contribution in [0.15, 0.2) is 79.1 Å². The van der Waals surface area contributed by atoms with Crippen LogP contribution in [-0.2, 0) is 11.2 Å². The maximum absolute atomic E-state index is 12.0. The number of benzene rings is 2. The summed E-state index contributed by atoms with van der Waals surface area (Å²) >= 11 is 5.84. The number of hydrogen-bond acceptors (Lipinski definition) is 2. The topological polar surface area (TPSA) is 42.0 Å². The summed E-state index contributed by atoms with van der Waals surface area (Å²) in [6.45, 7) is 0. The van der Waals surface area contributed by atoms with Crippen molar-refractivity contribution in [1.29, 1.82) is 0 Å². The number of hydrogen-bond donors (Lipinski definition) is 1. The van der Waals surface area contributed by atoms with Crippen molar-refractivity contribution in [2.45, 2.75) is 6.42 Å². The number of aromatic nitrogens is 1. The quantitative estimate of drug-likeness (QED) is 0.661. The molecule has 0 aliphatic carbocycles. The molecule has 0 saturated heterocycles. The molecule has 124 valence electrons. The van der Waals surface area contributed by atoms with Crippen molar-refractivity contribution in [3.63, 3.8) is 0 Å². The van der Waals surface area contributed by atoms with Crippen molar-refractivity contribution in [3.8, 4) is 0 Å².